The minimum Gasteiger partial charge on any atom is -0.356 e. The Bertz CT molecular complexity index is 808. The van der Waals surface area contributed by atoms with Gasteiger partial charge in [0.1, 0.15) is 5.82 Å². The highest BCUT2D eigenvalue weighted by Gasteiger charge is 2.10. The van der Waals surface area contributed by atoms with Crippen LogP contribution in [0.2, 0.25) is 0 Å². The van der Waals surface area contributed by atoms with Gasteiger partial charge in [0.05, 0.1) is 11.0 Å². The summed E-state index contributed by atoms with van der Waals surface area (Å²) in [5.41, 5.74) is 3.45. The maximum Gasteiger partial charge on any atom is 0.219 e. The van der Waals surface area contributed by atoms with E-state index in [-0.39, 0.29) is 5.91 Å². The van der Waals surface area contributed by atoms with Crippen LogP contribution >= 0.6 is 0 Å². The van der Waals surface area contributed by atoms with Gasteiger partial charge >= 0.3 is 0 Å². The molecule has 0 radical (unpaired) electrons. The number of nitrogens with zero attached hydrogens (tertiary/aromatic N) is 2. The number of hydrogen-bond donors (Lipinski definition) is 1. The molecule has 1 heterocycles. The molecule has 4 nitrogen and oxygen atoms in total. The van der Waals surface area contributed by atoms with Crippen molar-refractivity contribution in [1.82, 2.24) is 14.9 Å². The van der Waals surface area contributed by atoms with Crippen LogP contribution in [0.4, 0.5) is 0 Å². The van der Waals surface area contributed by atoms with E-state index in [1.54, 1.807) is 0 Å². The fourth-order valence-corrected chi connectivity index (χ4v) is 2.86. The summed E-state index contributed by atoms with van der Waals surface area (Å²) >= 11 is 0. The Morgan fingerprint density at radius 1 is 1.08 bits per heavy atom. The highest BCUT2D eigenvalue weighted by atomic mass is 16.1. The van der Waals surface area contributed by atoms with Crippen LogP contribution in [0.25, 0.3) is 11.0 Å². The molecule has 124 valence electrons. The van der Waals surface area contributed by atoms with Crippen molar-refractivity contribution in [3.8, 4) is 0 Å². The Labute approximate surface area is 142 Å². The molecule has 0 atom stereocenters. The molecule has 0 aliphatic heterocycles. The smallest absolute Gasteiger partial charge is 0.219 e. The van der Waals surface area contributed by atoms with E-state index in [0.717, 1.165) is 36.2 Å². The third kappa shape index (κ3) is 3.82. The van der Waals surface area contributed by atoms with E-state index in [9.17, 15) is 4.79 Å². The molecule has 3 rings (SSSR count). The van der Waals surface area contributed by atoms with Crippen molar-refractivity contribution in [3.05, 3.63) is 66.0 Å². The first kappa shape index (κ1) is 16.2. The highest BCUT2D eigenvalue weighted by Crippen LogP contribution is 2.19. The number of hydrogen-bond acceptors (Lipinski definition) is 2. The normalized spacial score (nSPS) is 10.9. The van der Waals surface area contributed by atoms with Crippen molar-refractivity contribution < 1.29 is 4.79 Å². The van der Waals surface area contributed by atoms with Crippen LogP contribution in [0.5, 0.6) is 0 Å². The number of nitrogens with one attached hydrogen (secondary N) is 1. The number of carbonyl (C=O) groups is 1. The Morgan fingerprint density at radius 2 is 1.83 bits per heavy atom. The van der Waals surface area contributed by atoms with E-state index in [0.29, 0.717) is 13.0 Å². The van der Waals surface area contributed by atoms with Crippen molar-refractivity contribution in [1.29, 1.82) is 0 Å². The molecule has 0 fully saturated rings. The molecule has 4 heteroatoms. The maximum absolute atomic E-state index is 11.3. The molecule has 0 bridgehead atoms. The number of fused-ring (bicyclic) bond motifs is 1. The third-order valence-electron chi connectivity index (χ3n) is 4.14. The van der Waals surface area contributed by atoms with Gasteiger partial charge in [0.25, 0.3) is 0 Å². The van der Waals surface area contributed by atoms with E-state index in [1.165, 1.54) is 5.56 Å². The van der Waals surface area contributed by atoms with E-state index < -0.39 is 0 Å². The molecule has 1 aromatic heterocycles. The Morgan fingerprint density at radius 3 is 2.62 bits per heavy atom. The number of rotatable bonds is 7. The van der Waals surface area contributed by atoms with Gasteiger partial charge < -0.3 is 9.88 Å². The van der Waals surface area contributed by atoms with E-state index in [4.69, 9.17) is 4.98 Å². The van der Waals surface area contributed by atoms with E-state index >= 15 is 0 Å². The van der Waals surface area contributed by atoms with Gasteiger partial charge in [0, 0.05) is 25.9 Å². The molecule has 0 aliphatic carbocycles. The van der Waals surface area contributed by atoms with Gasteiger partial charge in [-0.1, -0.05) is 49.4 Å². The summed E-state index contributed by atoms with van der Waals surface area (Å²) in [6, 6.07) is 18.7. The SMILES string of the molecule is CCC(=O)NCCCc1nc2ccccc2n1Cc1ccccc1. The van der Waals surface area contributed by atoms with Crippen molar-refractivity contribution in [2.24, 2.45) is 0 Å². The minimum atomic E-state index is 0.104. The van der Waals surface area contributed by atoms with Crippen LogP contribution in [-0.2, 0) is 17.8 Å². The lowest BCUT2D eigenvalue weighted by molar-refractivity contribution is -0.120. The predicted molar refractivity (Wildman–Crippen MR) is 96.9 cm³/mol. The first-order chi connectivity index (χ1) is 11.8. The minimum absolute atomic E-state index is 0.104. The fraction of sp³-hybridized carbons (Fsp3) is 0.300. The molecule has 0 unspecified atom stereocenters. The predicted octanol–water partition coefficient (Wildman–Crippen LogP) is 3.54. The molecular formula is C20H23N3O. The summed E-state index contributed by atoms with van der Waals surface area (Å²) in [5.74, 6) is 1.18. The summed E-state index contributed by atoms with van der Waals surface area (Å²) in [5, 5.41) is 2.93. The molecule has 3 aromatic rings. The average Bonchev–Trinajstić information content (AvgIpc) is 2.97. The number of aryl methyl sites for hydroxylation is 1. The average molecular weight is 321 g/mol. The van der Waals surface area contributed by atoms with Gasteiger partial charge in [0.2, 0.25) is 5.91 Å². The van der Waals surface area contributed by atoms with Crippen molar-refractivity contribution in [2.45, 2.75) is 32.7 Å². The molecule has 0 saturated heterocycles. The van der Waals surface area contributed by atoms with Crippen LogP contribution < -0.4 is 5.32 Å². The van der Waals surface area contributed by atoms with Crippen LogP contribution in [0.3, 0.4) is 0 Å². The van der Waals surface area contributed by atoms with Gasteiger partial charge in [-0.2, -0.15) is 0 Å². The number of carbonyl (C=O) groups excluding carboxylic acids is 1. The topological polar surface area (TPSA) is 46.9 Å². The second-order valence-electron chi connectivity index (χ2n) is 5.90. The number of aromatic nitrogens is 2. The first-order valence-electron chi connectivity index (χ1n) is 8.52. The molecule has 0 aliphatic rings. The quantitative estimate of drug-likeness (QED) is 0.677. The van der Waals surface area contributed by atoms with Gasteiger partial charge in [-0.25, -0.2) is 4.98 Å². The second-order valence-corrected chi connectivity index (χ2v) is 5.90. The van der Waals surface area contributed by atoms with Gasteiger partial charge in [0.15, 0.2) is 0 Å². The lowest BCUT2D eigenvalue weighted by atomic mass is 10.2. The Hall–Kier alpha value is -2.62. The number of para-hydroxylation sites is 2. The first-order valence-corrected chi connectivity index (χ1v) is 8.52. The molecule has 1 N–H and O–H groups in total. The summed E-state index contributed by atoms with van der Waals surface area (Å²) in [7, 11) is 0. The van der Waals surface area contributed by atoms with Gasteiger partial charge in [-0.3, -0.25) is 4.79 Å². The van der Waals surface area contributed by atoms with E-state index in [2.05, 4.69) is 52.3 Å². The Kier molecular flexibility index (Phi) is 5.26. The number of imidazole rings is 1. The summed E-state index contributed by atoms with van der Waals surface area (Å²) in [6.45, 7) is 3.38. The molecule has 0 saturated carbocycles. The third-order valence-corrected chi connectivity index (χ3v) is 4.14. The van der Waals surface area contributed by atoms with Crippen LogP contribution in [-0.4, -0.2) is 22.0 Å². The fourth-order valence-electron chi connectivity index (χ4n) is 2.86. The second kappa shape index (κ2) is 7.77. The van der Waals surface area contributed by atoms with Crippen molar-refractivity contribution >= 4 is 16.9 Å². The maximum atomic E-state index is 11.3. The molecule has 24 heavy (non-hydrogen) atoms. The summed E-state index contributed by atoms with van der Waals surface area (Å²) in [4.78, 5) is 16.1. The highest BCUT2D eigenvalue weighted by molar-refractivity contribution is 5.76. The molecule has 0 spiro atoms. The van der Waals surface area contributed by atoms with Crippen LogP contribution in [0, 0.1) is 0 Å². The lowest BCUT2D eigenvalue weighted by Crippen LogP contribution is -2.23. The van der Waals surface area contributed by atoms with Crippen LogP contribution in [0.15, 0.2) is 54.6 Å². The summed E-state index contributed by atoms with van der Waals surface area (Å²) < 4.78 is 2.28. The van der Waals surface area contributed by atoms with Crippen molar-refractivity contribution in [3.63, 3.8) is 0 Å². The Balaban J connectivity index is 1.78. The van der Waals surface area contributed by atoms with Gasteiger partial charge in [-0.15, -0.1) is 0 Å². The molecular weight excluding hydrogens is 298 g/mol. The van der Waals surface area contributed by atoms with Gasteiger partial charge in [-0.05, 0) is 24.1 Å². The zero-order valence-corrected chi connectivity index (χ0v) is 14.0. The van der Waals surface area contributed by atoms with E-state index in [1.807, 2.05) is 19.1 Å². The number of benzene rings is 2. The largest absolute Gasteiger partial charge is 0.356 e. The standard InChI is InChI=1S/C20H23N3O/c1-2-20(24)21-14-8-13-19-22-17-11-6-7-12-18(17)23(19)15-16-9-4-3-5-10-16/h3-7,9-12H,2,8,13-15H2,1H3,(H,21,24). The van der Waals surface area contributed by atoms with Crippen LogP contribution in [0.1, 0.15) is 31.2 Å². The molecule has 2 aromatic carbocycles. The monoisotopic (exact) mass is 321 g/mol. The lowest BCUT2D eigenvalue weighted by Gasteiger charge is -2.10. The number of amides is 1. The summed E-state index contributed by atoms with van der Waals surface area (Å²) in [6.07, 6.45) is 2.28. The zero-order chi connectivity index (χ0) is 16.8. The zero-order valence-electron chi connectivity index (χ0n) is 14.0. The molecule has 1 amide bonds. The van der Waals surface area contributed by atoms with Crippen molar-refractivity contribution in [2.75, 3.05) is 6.54 Å².